The van der Waals surface area contributed by atoms with Crippen LogP contribution in [0.2, 0.25) is 0 Å². The molecule has 0 saturated carbocycles. The van der Waals surface area contributed by atoms with Crippen LogP contribution in [-0.2, 0) is 6.42 Å². The maximum absolute atomic E-state index is 12.2. The van der Waals surface area contributed by atoms with E-state index in [1.807, 2.05) is 44.2 Å². The largest absolute Gasteiger partial charge is 0.494 e. The smallest absolute Gasteiger partial charge is 0.251 e. The molecule has 0 aliphatic rings. The van der Waals surface area contributed by atoms with Gasteiger partial charge in [-0.1, -0.05) is 30.3 Å². The van der Waals surface area contributed by atoms with E-state index in [0.29, 0.717) is 12.2 Å². The van der Waals surface area contributed by atoms with Gasteiger partial charge in [0, 0.05) is 11.6 Å². The lowest BCUT2D eigenvalue weighted by Gasteiger charge is -2.14. The number of hydrogen-bond acceptors (Lipinski definition) is 2. The molecule has 2 aromatic rings. The summed E-state index contributed by atoms with van der Waals surface area (Å²) in [5, 5.41) is 3.04. The quantitative estimate of drug-likeness (QED) is 0.843. The summed E-state index contributed by atoms with van der Waals surface area (Å²) < 4.78 is 5.38. The van der Waals surface area contributed by atoms with Crippen LogP contribution in [0.25, 0.3) is 0 Å². The molecule has 2 aromatic carbocycles. The molecule has 0 aromatic heterocycles. The van der Waals surface area contributed by atoms with Crippen molar-refractivity contribution in [3.8, 4) is 5.75 Å². The Morgan fingerprint density at radius 3 is 2.41 bits per heavy atom. The molecule has 0 unspecified atom stereocenters. The lowest BCUT2D eigenvalue weighted by atomic mass is 10.1. The zero-order valence-corrected chi connectivity index (χ0v) is 13.2. The van der Waals surface area contributed by atoms with E-state index in [0.717, 1.165) is 18.6 Å². The maximum Gasteiger partial charge on any atom is 0.251 e. The fraction of sp³-hybridized carbons (Fsp3) is 0.316. The Hall–Kier alpha value is -2.29. The molecule has 0 aliphatic heterocycles. The summed E-state index contributed by atoms with van der Waals surface area (Å²) in [6.07, 6.45) is 1.89. The van der Waals surface area contributed by atoms with Crippen LogP contribution in [0.1, 0.15) is 36.2 Å². The minimum absolute atomic E-state index is 0.0383. The van der Waals surface area contributed by atoms with Crippen LogP contribution in [-0.4, -0.2) is 18.6 Å². The zero-order valence-electron chi connectivity index (χ0n) is 13.2. The normalized spacial score (nSPS) is 11.7. The van der Waals surface area contributed by atoms with Gasteiger partial charge in [-0.15, -0.1) is 0 Å². The van der Waals surface area contributed by atoms with Crippen molar-refractivity contribution in [2.24, 2.45) is 0 Å². The van der Waals surface area contributed by atoms with E-state index < -0.39 is 0 Å². The topological polar surface area (TPSA) is 38.3 Å². The third-order valence-corrected chi connectivity index (χ3v) is 3.51. The van der Waals surface area contributed by atoms with Crippen molar-refractivity contribution < 1.29 is 9.53 Å². The van der Waals surface area contributed by atoms with Gasteiger partial charge >= 0.3 is 0 Å². The van der Waals surface area contributed by atoms with Gasteiger partial charge < -0.3 is 10.1 Å². The molecular weight excluding hydrogens is 274 g/mol. The molecule has 0 radical (unpaired) electrons. The Morgan fingerprint density at radius 2 is 1.77 bits per heavy atom. The second-order valence-corrected chi connectivity index (χ2v) is 5.36. The standard InChI is InChI=1S/C19H23NO2/c1-3-22-18-13-11-17(12-14-18)19(21)20-15(2)9-10-16-7-5-4-6-8-16/h4-8,11-15H,3,9-10H2,1-2H3,(H,20,21)/t15-/m1/s1. The SMILES string of the molecule is CCOc1ccc(C(=O)N[C@H](C)CCc2ccccc2)cc1. The molecule has 0 fully saturated rings. The van der Waals surface area contributed by atoms with Crippen LogP contribution in [0, 0.1) is 0 Å². The number of nitrogens with one attached hydrogen (secondary N) is 1. The van der Waals surface area contributed by atoms with Crippen molar-refractivity contribution in [3.05, 3.63) is 65.7 Å². The molecule has 0 aliphatic carbocycles. The Labute approximate surface area is 132 Å². The molecule has 3 nitrogen and oxygen atoms in total. The number of carbonyl (C=O) groups is 1. The third kappa shape index (κ3) is 4.92. The fourth-order valence-corrected chi connectivity index (χ4v) is 2.28. The van der Waals surface area contributed by atoms with Crippen molar-refractivity contribution in [1.29, 1.82) is 0 Å². The first-order chi connectivity index (χ1) is 10.7. The molecule has 116 valence electrons. The molecule has 1 N–H and O–H groups in total. The van der Waals surface area contributed by atoms with Crippen molar-refractivity contribution in [2.75, 3.05) is 6.61 Å². The van der Waals surface area contributed by atoms with E-state index in [9.17, 15) is 4.79 Å². The molecule has 2 rings (SSSR count). The average Bonchev–Trinajstić information content (AvgIpc) is 2.55. The van der Waals surface area contributed by atoms with Gasteiger partial charge in [-0.05, 0) is 56.5 Å². The highest BCUT2D eigenvalue weighted by atomic mass is 16.5. The Kier molecular flexibility index (Phi) is 6.01. The van der Waals surface area contributed by atoms with Crippen molar-refractivity contribution in [2.45, 2.75) is 32.7 Å². The van der Waals surface area contributed by atoms with Gasteiger partial charge in [0.25, 0.3) is 5.91 Å². The summed E-state index contributed by atoms with van der Waals surface area (Å²) in [5.74, 6) is 0.750. The molecular formula is C19H23NO2. The Bertz CT molecular complexity index is 578. The number of amides is 1. The highest BCUT2D eigenvalue weighted by molar-refractivity contribution is 5.94. The zero-order chi connectivity index (χ0) is 15.8. The fourth-order valence-electron chi connectivity index (χ4n) is 2.28. The molecule has 0 spiro atoms. The summed E-state index contributed by atoms with van der Waals surface area (Å²) in [6.45, 7) is 4.60. The van der Waals surface area contributed by atoms with Crippen LogP contribution in [0.5, 0.6) is 5.75 Å². The number of hydrogen-bond donors (Lipinski definition) is 1. The monoisotopic (exact) mass is 297 g/mol. The maximum atomic E-state index is 12.2. The lowest BCUT2D eigenvalue weighted by Crippen LogP contribution is -2.32. The van der Waals surface area contributed by atoms with E-state index in [-0.39, 0.29) is 11.9 Å². The van der Waals surface area contributed by atoms with Gasteiger partial charge in [0.2, 0.25) is 0 Å². The summed E-state index contributed by atoms with van der Waals surface area (Å²) in [5.41, 5.74) is 1.96. The van der Waals surface area contributed by atoms with Crippen LogP contribution in [0.4, 0.5) is 0 Å². The van der Waals surface area contributed by atoms with Crippen LogP contribution >= 0.6 is 0 Å². The predicted molar refractivity (Wildman–Crippen MR) is 89.3 cm³/mol. The summed E-state index contributed by atoms with van der Waals surface area (Å²) in [6, 6.07) is 17.7. The highest BCUT2D eigenvalue weighted by Gasteiger charge is 2.10. The molecule has 0 saturated heterocycles. The second kappa shape index (κ2) is 8.23. The number of rotatable bonds is 7. The summed E-state index contributed by atoms with van der Waals surface area (Å²) >= 11 is 0. The number of ether oxygens (including phenoxy) is 1. The highest BCUT2D eigenvalue weighted by Crippen LogP contribution is 2.12. The van der Waals surface area contributed by atoms with Gasteiger partial charge in [-0.3, -0.25) is 4.79 Å². The van der Waals surface area contributed by atoms with Crippen molar-refractivity contribution in [1.82, 2.24) is 5.32 Å². The lowest BCUT2D eigenvalue weighted by molar-refractivity contribution is 0.0938. The number of carbonyl (C=O) groups excluding carboxylic acids is 1. The van der Waals surface area contributed by atoms with Gasteiger partial charge in [0.1, 0.15) is 5.75 Å². The predicted octanol–water partition coefficient (Wildman–Crippen LogP) is 3.84. The first-order valence-electron chi connectivity index (χ1n) is 7.76. The van der Waals surface area contributed by atoms with Crippen LogP contribution in [0.15, 0.2) is 54.6 Å². The molecule has 1 atom stereocenters. The minimum Gasteiger partial charge on any atom is -0.494 e. The van der Waals surface area contributed by atoms with Gasteiger partial charge in [0.05, 0.1) is 6.61 Å². The van der Waals surface area contributed by atoms with E-state index >= 15 is 0 Å². The summed E-state index contributed by atoms with van der Waals surface area (Å²) in [7, 11) is 0. The first-order valence-corrected chi connectivity index (χ1v) is 7.76. The summed E-state index contributed by atoms with van der Waals surface area (Å²) in [4.78, 5) is 12.2. The van der Waals surface area contributed by atoms with Gasteiger partial charge in [-0.25, -0.2) is 0 Å². The van der Waals surface area contributed by atoms with Crippen LogP contribution in [0.3, 0.4) is 0 Å². The molecule has 0 bridgehead atoms. The molecule has 1 amide bonds. The Balaban J connectivity index is 1.82. The van der Waals surface area contributed by atoms with E-state index in [1.54, 1.807) is 12.1 Å². The molecule has 0 heterocycles. The van der Waals surface area contributed by atoms with Gasteiger partial charge in [0.15, 0.2) is 0 Å². The molecule has 22 heavy (non-hydrogen) atoms. The average molecular weight is 297 g/mol. The second-order valence-electron chi connectivity index (χ2n) is 5.36. The molecule has 3 heteroatoms. The van der Waals surface area contributed by atoms with E-state index in [2.05, 4.69) is 17.4 Å². The van der Waals surface area contributed by atoms with E-state index in [4.69, 9.17) is 4.74 Å². The van der Waals surface area contributed by atoms with Gasteiger partial charge in [-0.2, -0.15) is 0 Å². The van der Waals surface area contributed by atoms with E-state index in [1.165, 1.54) is 5.56 Å². The van der Waals surface area contributed by atoms with Crippen LogP contribution < -0.4 is 10.1 Å². The minimum atomic E-state index is -0.0383. The van der Waals surface area contributed by atoms with Crippen molar-refractivity contribution in [3.63, 3.8) is 0 Å². The third-order valence-electron chi connectivity index (χ3n) is 3.51. The number of aryl methyl sites for hydroxylation is 1. The van der Waals surface area contributed by atoms with Crippen molar-refractivity contribution >= 4 is 5.91 Å². The Morgan fingerprint density at radius 1 is 1.09 bits per heavy atom. The first kappa shape index (κ1) is 16.1. The number of benzene rings is 2.